The summed E-state index contributed by atoms with van der Waals surface area (Å²) in [6, 6.07) is 23.5. The lowest BCUT2D eigenvalue weighted by molar-refractivity contribution is 0.0361. The van der Waals surface area contributed by atoms with Gasteiger partial charge in [-0.05, 0) is 161 Å². The number of anilines is 1. The Bertz CT molecular complexity index is 1880. The van der Waals surface area contributed by atoms with Crippen LogP contribution in [0.4, 0.5) is 20.1 Å². The monoisotopic (exact) mass is 814 g/mol. The summed E-state index contributed by atoms with van der Waals surface area (Å²) in [5.41, 5.74) is 0.128. The van der Waals surface area contributed by atoms with Crippen molar-refractivity contribution < 1.29 is 38.1 Å². The minimum atomic E-state index is -0.852. The molecular weight excluding hydrogens is 753 g/mol. The molecule has 0 saturated carbocycles. The quantitative estimate of drug-likeness (QED) is 0.0583. The Morgan fingerprint density at radius 1 is 0.627 bits per heavy atom. The van der Waals surface area contributed by atoms with Crippen LogP contribution in [0.2, 0.25) is 0 Å². The van der Waals surface area contributed by atoms with E-state index in [-0.39, 0.29) is 18.3 Å². The lowest BCUT2D eigenvalue weighted by atomic mass is 10.1. The zero-order chi connectivity index (χ0) is 43.8. The number of nitrogens with one attached hydrogen (secondary N) is 3. The van der Waals surface area contributed by atoms with Gasteiger partial charge in [0, 0.05) is 30.1 Å². The highest BCUT2D eigenvalue weighted by molar-refractivity contribution is 6.07. The summed E-state index contributed by atoms with van der Waals surface area (Å²) >= 11 is 0. The first-order valence-corrected chi connectivity index (χ1v) is 19.9. The third-order valence-electron chi connectivity index (χ3n) is 7.90. The molecule has 3 aromatic carbocycles. The van der Waals surface area contributed by atoms with Crippen LogP contribution in [0.25, 0.3) is 0 Å². The van der Waals surface area contributed by atoms with Gasteiger partial charge in [-0.3, -0.25) is 10.7 Å². The number of alkyl carbamates (subject to hydrolysis) is 1. The highest BCUT2D eigenvalue weighted by Gasteiger charge is 2.31. The van der Waals surface area contributed by atoms with E-state index in [2.05, 4.69) is 10.3 Å². The smallest absolute Gasteiger partial charge is 0.437 e. The number of aliphatic imine (C=N–C) groups is 1. The first kappa shape index (κ1) is 47.5. The van der Waals surface area contributed by atoms with Crippen LogP contribution in [0.5, 0.6) is 11.5 Å². The van der Waals surface area contributed by atoms with Crippen LogP contribution in [0.3, 0.4) is 0 Å². The van der Waals surface area contributed by atoms with E-state index < -0.39 is 35.1 Å². The number of carbonyl (C=O) groups is 3. The maximum Gasteiger partial charge on any atom is 0.437 e. The van der Waals surface area contributed by atoms with Crippen LogP contribution in [-0.2, 0) is 14.2 Å². The summed E-state index contributed by atoms with van der Waals surface area (Å²) in [7, 11) is 0. The summed E-state index contributed by atoms with van der Waals surface area (Å²) < 4.78 is 28.7. The van der Waals surface area contributed by atoms with Crippen molar-refractivity contribution in [3.8, 4) is 11.5 Å². The topological polar surface area (TPSA) is 176 Å². The van der Waals surface area contributed by atoms with E-state index in [9.17, 15) is 14.4 Å². The Morgan fingerprint density at radius 2 is 1.12 bits per heavy atom. The second-order valence-corrected chi connectivity index (χ2v) is 16.8. The van der Waals surface area contributed by atoms with Crippen molar-refractivity contribution in [3.05, 3.63) is 90.0 Å². The number of amides is 3. The van der Waals surface area contributed by atoms with E-state index >= 15 is 0 Å². The molecule has 0 fully saturated rings. The van der Waals surface area contributed by atoms with Crippen molar-refractivity contribution in [1.29, 1.82) is 10.8 Å². The number of hydrogen-bond acceptors (Lipinski definition) is 10. The largest absolute Gasteiger partial charge is 0.494 e. The van der Waals surface area contributed by atoms with Crippen LogP contribution in [0.15, 0.2) is 83.9 Å². The Labute approximate surface area is 349 Å². The van der Waals surface area contributed by atoms with Crippen molar-refractivity contribution in [3.63, 3.8) is 0 Å². The third-order valence-corrected chi connectivity index (χ3v) is 7.90. The molecule has 0 unspecified atom stereocenters. The summed E-state index contributed by atoms with van der Waals surface area (Å²) in [6.45, 7) is 18.8. The summed E-state index contributed by atoms with van der Waals surface area (Å²) in [5, 5.41) is 18.5. The Hall–Kier alpha value is -5.92. The third kappa shape index (κ3) is 18.0. The average molecular weight is 815 g/mol. The Morgan fingerprint density at radius 3 is 1.61 bits per heavy atom. The first-order valence-electron chi connectivity index (χ1n) is 19.9. The van der Waals surface area contributed by atoms with Gasteiger partial charge in [-0.25, -0.2) is 19.3 Å². The molecule has 0 heterocycles. The Balaban J connectivity index is 1.79. The van der Waals surface area contributed by atoms with Gasteiger partial charge in [-0.1, -0.05) is 18.2 Å². The van der Waals surface area contributed by atoms with E-state index in [0.29, 0.717) is 73.9 Å². The van der Waals surface area contributed by atoms with Crippen LogP contribution < -0.4 is 19.7 Å². The number of unbranched alkanes of at least 4 members (excludes halogenated alkanes) is 2. The number of rotatable bonds is 15. The second-order valence-electron chi connectivity index (χ2n) is 16.8. The van der Waals surface area contributed by atoms with Crippen LogP contribution in [-0.4, -0.2) is 83.8 Å². The number of hydrogen-bond donors (Lipinski definition) is 3. The molecule has 0 bridgehead atoms. The van der Waals surface area contributed by atoms with E-state index in [1.54, 1.807) is 93.5 Å². The number of amidine groups is 1. The summed E-state index contributed by atoms with van der Waals surface area (Å²) in [6.07, 6.45) is 0.0348. The summed E-state index contributed by atoms with van der Waals surface area (Å²) in [4.78, 5) is 47.2. The van der Waals surface area contributed by atoms with Gasteiger partial charge in [-0.2, -0.15) is 0 Å². The lowest BCUT2D eigenvalue weighted by Gasteiger charge is -2.34. The molecular formula is C45H62N6O8. The molecule has 14 nitrogen and oxygen atoms in total. The van der Waals surface area contributed by atoms with E-state index in [1.807, 2.05) is 59.5 Å². The predicted octanol–water partition coefficient (Wildman–Crippen LogP) is 9.98. The van der Waals surface area contributed by atoms with Gasteiger partial charge in [0.25, 0.3) is 0 Å². The average Bonchev–Trinajstić information content (AvgIpc) is 3.12. The second kappa shape index (κ2) is 21.7. The minimum Gasteiger partial charge on any atom is -0.494 e. The van der Waals surface area contributed by atoms with Gasteiger partial charge < -0.3 is 34.0 Å². The van der Waals surface area contributed by atoms with Gasteiger partial charge in [0.1, 0.15) is 34.1 Å². The number of nitrogens with zero attached hydrogens (tertiary/aromatic N) is 3. The Kier molecular flexibility index (Phi) is 17.5. The molecule has 0 saturated heterocycles. The van der Waals surface area contributed by atoms with Gasteiger partial charge in [0.05, 0.1) is 13.2 Å². The van der Waals surface area contributed by atoms with Gasteiger partial charge >= 0.3 is 18.3 Å². The van der Waals surface area contributed by atoms with Crippen molar-refractivity contribution in [1.82, 2.24) is 10.2 Å². The van der Waals surface area contributed by atoms with Crippen LogP contribution in [0.1, 0.15) is 106 Å². The zero-order valence-corrected chi connectivity index (χ0v) is 36.3. The van der Waals surface area contributed by atoms with Crippen molar-refractivity contribution in [2.24, 2.45) is 4.99 Å². The molecule has 0 aromatic heterocycles. The molecule has 0 aliphatic carbocycles. The molecule has 3 amide bonds. The van der Waals surface area contributed by atoms with Crippen molar-refractivity contribution in [2.45, 2.75) is 112 Å². The highest BCUT2D eigenvalue weighted by Crippen LogP contribution is 2.22. The molecule has 0 radical (unpaired) electrons. The normalized spacial score (nSPS) is 11.9. The van der Waals surface area contributed by atoms with E-state index in [0.717, 1.165) is 5.56 Å². The standard InChI is InChI=1S/C45H62N6O8/c1-32(46)33-20-24-36(25-21-33)55-31-17-15-29-51(42(54)59-45(8,9)10)39(49-41(53)58-44(5,6)7)50(35-18-12-11-13-19-35)28-14-16-30-56-37-26-22-34(23-27-37)38(47)48-40(52)57-43(2,3)4/h11-13,18-27,46H,14-17,28-31H2,1-10H3,(H2,47,48,52)/b46-32?,49-39-. The van der Waals surface area contributed by atoms with Crippen molar-refractivity contribution >= 4 is 41.5 Å². The fourth-order valence-corrected chi connectivity index (χ4v) is 5.30. The van der Waals surface area contributed by atoms with Gasteiger partial charge in [0.15, 0.2) is 0 Å². The lowest BCUT2D eigenvalue weighted by Crippen LogP contribution is -2.50. The van der Waals surface area contributed by atoms with Gasteiger partial charge in [-0.15, -0.1) is 4.99 Å². The molecule has 320 valence electrons. The maximum atomic E-state index is 14.0. The van der Waals surface area contributed by atoms with E-state index in [1.165, 1.54) is 4.90 Å². The number of benzene rings is 3. The molecule has 0 aliphatic rings. The molecule has 14 heteroatoms. The van der Waals surface area contributed by atoms with Crippen LogP contribution >= 0.6 is 0 Å². The summed E-state index contributed by atoms with van der Waals surface area (Å²) in [5.74, 6) is 1.24. The SMILES string of the molecule is CC(=N)c1ccc(OCCCCN(C(=O)OC(C)(C)C)/C(=N\C(=O)OC(C)(C)C)N(CCCCOc2ccc(C(=N)NC(=O)OC(C)(C)C)cc2)c2ccccc2)cc1. The number of guanidine groups is 1. The molecule has 0 atom stereocenters. The van der Waals surface area contributed by atoms with Crippen molar-refractivity contribution in [2.75, 3.05) is 31.2 Å². The molecule has 3 aromatic rings. The first-order chi connectivity index (χ1) is 27.6. The zero-order valence-electron chi connectivity index (χ0n) is 36.3. The predicted molar refractivity (Wildman–Crippen MR) is 231 cm³/mol. The highest BCUT2D eigenvalue weighted by atomic mass is 16.6. The molecule has 0 spiro atoms. The minimum absolute atomic E-state index is 0.0668. The maximum absolute atomic E-state index is 14.0. The van der Waals surface area contributed by atoms with Crippen LogP contribution in [0, 0.1) is 10.8 Å². The molecule has 3 N–H and O–H groups in total. The number of carbonyl (C=O) groups excluding carboxylic acids is 3. The van der Waals surface area contributed by atoms with E-state index in [4.69, 9.17) is 34.5 Å². The fraction of sp³-hybridized carbons (Fsp3) is 0.467. The number of ether oxygens (including phenoxy) is 5. The van der Waals surface area contributed by atoms with Gasteiger partial charge in [0.2, 0.25) is 5.96 Å². The number of para-hydroxylation sites is 1. The molecule has 3 rings (SSSR count). The molecule has 59 heavy (non-hydrogen) atoms. The molecule has 0 aliphatic heterocycles. The fourth-order valence-electron chi connectivity index (χ4n) is 5.30.